The summed E-state index contributed by atoms with van der Waals surface area (Å²) in [6.07, 6.45) is 2.53. The second-order valence-electron chi connectivity index (χ2n) is 6.78. The fraction of sp³-hybridized carbons (Fsp3) is 0.529. The number of carbonyl (C=O) groups is 2. The number of urea groups is 1. The summed E-state index contributed by atoms with van der Waals surface area (Å²) in [5.74, 6) is -0.243. The van der Waals surface area contributed by atoms with Crippen molar-refractivity contribution in [3.05, 3.63) is 28.7 Å². The number of hydrogen-bond donors (Lipinski definition) is 1. The molecule has 1 aliphatic heterocycles. The van der Waals surface area contributed by atoms with Crippen LogP contribution in [0.5, 0.6) is 0 Å². The highest BCUT2D eigenvalue weighted by atomic mass is 16.2. The molecule has 3 amide bonds. The van der Waals surface area contributed by atoms with Gasteiger partial charge in [-0.2, -0.15) is 0 Å². The van der Waals surface area contributed by atoms with Gasteiger partial charge >= 0.3 is 6.03 Å². The Kier molecular flexibility index (Phi) is 4.18. The predicted octanol–water partition coefficient (Wildman–Crippen LogP) is 3.16. The molecule has 22 heavy (non-hydrogen) atoms. The molecule has 0 aliphatic carbocycles. The summed E-state index contributed by atoms with van der Waals surface area (Å²) in [5, 5.41) is 2.67. The summed E-state index contributed by atoms with van der Waals surface area (Å²) in [5.41, 5.74) is 3.52. The smallest absolute Gasteiger partial charge is 0.329 e. The maximum atomic E-state index is 12.3. The molecule has 2 heterocycles. The molecular weight excluding hydrogens is 278 g/mol. The van der Waals surface area contributed by atoms with Crippen molar-refractivity contribution in [2.45, 2.75) is 53.5 Å². The van der Waals surface area contributed by atoms with Gasteiger partial charge in [0.25, 0.3) is 5.91 Å². The Morgan fingerprint density at radius 1 is 1.23 bits per heavy atom. The molecular formula is C17H25N3O2. The van der Waals surface area contributed by atoms with Crippen LogP contribution in [0.15, 0.2) is 11.8 Å². The number of hydrogen-bond acceptors (Lipinski definition) is 2. The SMILES string of the molecule is CCCN1C(=O)N/C(=C/c2cc(C)n(C(C)(C)C)c2C)C1=O. The van der Waals surface area contributed by atoms with Crippen molar-refractivity contribution in [2.75, 3.05) is 6.54 Å². The van der Waals surface area contributed by atoms with Crippen LogP contribution in [0.25, 0.3) is 6.08 Å². The summed E-state index contributed by atoms with van der Waals surface area (Å²) in [6.45, 7) is 12.9. The Hall–Kier alpha value is -2.04. The normalized spacial score (nSPS) is 17.5. The van der Waals surface area contributed by atoms with Crippen LogP contribution in [0.1, 0.15) is 51.1 Å². The monoisotopic (exact) mass is 303 g/mol. The fourth-order valence-corrected chi connectivity index (χ4v) is 3.12. The molecule has 0 atom stereocenters. The number of carbonyl (C=O) groups excluding carboxylic acids is 2. The Labute approximate surface area is 132 Å². The van der Waals surface area contributed by atoms with Gasteiger partial charge in [-0.25, -0.2) is 4.79 Å². The summed E-state index contributed by atoms with van der Waals surface area (Å²) < 4.78 is 2.24. The quantitative estimate of drug-likeness (QED) is 0.689. The van der Waals surface area contributed by atoms with E-state index in [0.29, 0.717) is 12.2 Å². The molecule has 1 aromatic rings. The topological polar surface area (TPSA) is 54.3 Å². The van der Waals surface area contributed by atoms with Crippen LogP contribution in [-0.4, -0.2) is 28.0 Å². The van der Waals surface area contributed by atoms with E-state index in [-0.39, 0.29) is 17.5 Å². The lowest BCUT2D eigenvalue weighted by Gasteiger charge is -2.25. The Bertz CT molecular complexity index is 648. The molecule has 5 heteroatoms. The molecule has 1 saturated heterocycles. The van der Waals surface area contributed by atoms with E-state index in [2.05, 4.69) is 43.6 Å². The number of imide groups is 1. The molecule has 0 spiro atoms. The van der Waals surface area contributed by atoms with Crippen molar-refractivity contribution in [3.63, 3.8) is 0 Å². The lowest BCUT2D eigenvalue weighted by atomic mass is 10.1. The molecule has 120 valence electrons. The third-order valence-electron chi connectivity index (χ3n) is 3.85. The highest BCUT2D eigenvalue weighted by molar-refractivity contribution is 6.14. The van der Waals surface area contributed by atoms with Crippen LogP contribution in [0, 0.1) is 13.8 Å². The summed E-state index contributed by atoms with van der Waals surface area (Å²) in [7, 11) is 0. The number of nitrogens with one attached hydrogen (secondary N) is 1. The average molecular weight is 303 g/mol. The number of amides is 3. The first-order chi connectivity index (χ1) is 10.2. The first-order valence-corrected chi connectivity index (χ1v) is 7.70. The van der Waals surface area contributed by atoms with E-state index in [1.54, 1.807) is 6.08 Å². The van der Waals surface area contributed by atoms with Crippen LogP contribution in [0.2, 0.25) is 0 Å². The highest BCUT2D eigenvalue weighted by Gasteiger charge is 2.33. The molecule has 0 radical (unpaired) electrons. The maximum Gasteiger partial charge on any atom is 0.329 e. The van der Waals surface area contributed by atoms with Gasteiger partial charge in [-0.15, -0.1) is 0 Å². The van der Waals surface area contributed by atoms with Crippen LogP contribution < -0.4 is 5.32 Å². The van der Waals surface area contributed by atoms with Gasteiger partial charge in [0.2, 0.25) is 0 Å². The third kappa shape index (κ3) is 2.80. The van der Waals surface area contributed by atoms with Crippen molar-refractivity contribution in [1.29, 1.82) is 0 Å². The van der Waals surface area contributed by atoms with Crippen LogP contribution >= 0.6 is 0 Å². The standard InChI is InChI=1S/C17H25N3O2/c1-7-8-19-15(21)14(18-16(19)22)10-13-9-11(2)20(12(13)3)17(4,5)6/h9-10H,7-8H2,1-6H3,(H,18,22)/b14-10+. The van der Waals surface area contributed by atoms with Gasteiger partial charge in [-0.1, -0.05) is 6.92 Å². The summed E-state index contributed by atoms with van der Waals surface area (Å²) in [6, 6.07) is 1.72. The zero-order valence-corrected chi connectivity index (χ0v) is 14.3. The second-order valence-corrected chi connectivity index (χ2v) is 6.78. The van der Waals surface area contributed by atoms with Crippen LogP contribution in [-0.2, 0) is 10.3 Å². The Morgan fingerprint density at radius 2 is 1.86 bits per heavy atom. The van der Waals surface area contributed by atoms with Gasteiger partial charge in [0.1, 0.15) is 5.70 Å². The molecule has 0 saturated carbocycles. The zero-order valence-electron chi connectivity index (χ0n) is 14.3. The highest BCUT2D eigenvalue weighted by Crippen LogP contribution is 2.26. The molecule has 1 fully saturated rings. The van der Waals surface area contributed by atoms with Crippen LogP contribution in [0.4, 0.5) is 4.79 Å². The van der Waals surface area contributed by atoms with Crippen molar-refractivity contribution in [2.24, 2.45) is 0 Å². The number of aromatic nitrogens is 1. The van der Waals surface area contributed by atoms with Crippen molar-refractivity contribution in [1.82, 2.24) is 14.8 Å². The summed E-state index contributed by atoms with van der Waals surface area (Å²) in [4.78, 5) is 25.4. The molecule has 0 aromatic carbocycles. The maximum absolute atomic E-state index is 12.3. The van der Waals surface area contributed by atoms with E-state index < -0.39 is 0 Å². The largest absolute Gasteiger partial charge is 0.343 e. The van der Waals surface area contributed by atoms with Gasteiger partial charge in [-0.3, -0.25) is 9.69 Å². The lowest BCUT2D eigenvalue weighted by Crippen LogP contribution is -2.31. The third-order valence-corrected chi connectivity index (χ3v) is 3.85. The van der Waals surface area contributed by atoms with E-state index >= 15 is 0 Å². The molecule has 1 aliphatic rings. The van der Waals surface area contributed by atoms with Gasteiger partial charge in [-0.05, 0) is 58.7 Å². The van der Waals surface area contributed by atoms with Crippen molar-refractivity contribution < 1.29 is 9.59 Å². The molecule has 2 rings (SSSR count). The lowest BCUT2D eigenvalue weighted by molar-refractivity contribution is -0.122. The molecule has 0 unspecified atom stereocenters. The number of aryl methyl sites for hydroxylation is 1. The molecule has 0 bridgehead atoms. The minimum atomic E-state index is -0.331. The predicted molar refractivity (Wildman–Crippen MR) is 87.4 cm³/mol. The first kappa shape index (κ1) is 16.3. The van der Waals surface area contributed by atoms with Crippen molar-refractivity contribution in [3.8, 4) is 0 Å². The minimum absolute atomic E-state index is 0.0257. The second kappa shape index (κ2) is 5.63. The first-order valence-electron chi connectivity index (χ1n) is 7.70. The van der Waals surface area contributed by atoms with Gasteiger partial charge in [0.15, 0.2) is 0 Å². The van der Waals surface area contributed by atoms with E-state index in [1.807, 2.05) is 13.8 Å². The number of nitrogens with zero attached hydrogens (tertiary/aromatic N) is 2. The molecule has 1 N–H and O–H groups in total. The van der Waals surface area contributed by atoms with E-state index in [9.17, 15) is 9.59 Å². The fourth-order valence-electron chi connectivity index (χ4n) is 3.12. The van der Waals surface area contributed by atoms with Gasteiger partial charge < -0.3 is 9.88 Å². The van der Waals surface area contributed by atoms with E-state index in [1.165, 1.54) is 4.90 Å². The Morgan fingerprint density at radius 3 is 2.36 bits per heavy atom. The zero-order chi connectivity index (χ0) is 16.7. The van der Waals surface area contributed by atoms with E-state index in [0.717, 1.165) is 23.4 Å². The number of rotatable bonds is 3. The molecule has 1 aromatic heterocycles. The Balaban J connectivity index is 2.39. The van der Waals surface area contributed by atoms with Gasteiger partial charge in [0, 0.05) is 23.5 Å². The minimum Gasteiger partial charge on any atom is -0.343 e. The summed E-state index contributed by atoms with van der Waals surface area (Å²) >= 11 is 0. The van der Waals surface area contributed by atoms with E-state index in [4.69, 9.17) is 0 Å². The van der Waals surface area contributed by atoms with Crippen molar-refractivity contribution >= 4 is 18.0 Å². The van der Waals surface area contributed by atoms with Gasteiger partial charge in [0.05, 0.1) is 0 Å². The van der Waals surface area contributed by atoms with Crippen LogP contribution in [0.3, 0.4) is 0 Å². The average Bonchev–Trinajstić information content (AvgIpc) is 2.81. The molecule has 5 nitrogen and oxygen atoms in total.